The van der Waals surface area contributed by atoms with E-state index < -0.39 is 15.2 Å². The molecule has 0 amide bonds. The lowest BCUT2D eigenvalue weighted by Crippen LogP contribution is -2.28. The second kappa shape index (κ2) is 9.24. The van der Waals surface area contributed by atoms with E-state index in [1.165, 1.54) is 28.4 Å². The molecule has 116 valence electrons. The van der Waals surface area contributed by atoms with Crippen LogP contribution in [0.4, 0.5) is 0 Å². The van der Waals surface area contributed by atoms with Crippen molar-refractivity contribution in [1.29, 1.82) is 0 Å². The van der Waals surface area contributed by atoms with Gasteiger partial charge in [0, 0.05) is 28.4 Å². The molecule has 0 unspecified atom stereocenters. The molecule has 0 aromatic rings. The first kappa shape index (κ1) is 19.3. The molecule has 0 aliphatic heterocycles. The molecule has 0 N–H and O–H groups in total. The molecule has 0 bridgehead atoms. The summed E-state index contributed by atoms with van der Waals surface area (Å²) < 4.78 is 43.9. The summed E-state index contributed by atoms with van der Waals surface area (Å²) in [5, 5.41) is 0. The highest BCUT2D eigenvalue weighted by Gasteiger charge is 2.31. The molecule has 0 spiro atoms. The minimum atomic E-state index is -3.19. The van der Waals surface area contributed by atoms with Crippen molar-refractivity contribution in [3.05, 3.63) is 0 Å². The Kier molecular flexibility index (Phi) is 9.37. The highest BCUT2D eigenvalue weighted by atomic mass is 31.2. The van der Waals surface area contributed by atoms with Crippen LogP contribution in [0.15, 0.2) is 0 Å². The third kappa shape index (κ3) is 7.00. The summed E-state index contributed by atoms with van der Waals surface area (Å²) in [5.41, 5.74) is 0. The Morgan fingerprint density at radius 1 is 0.842 bits per heavy atom. The molecule has 9 heteroatoms. The Balaban J connectivity index is 4.81. The van der Waals surface area contributed by atoms with Crippen molar-refractivity contribution in [3.63, 3.8) is 0 Å². The zero-order chi connectivity index (χ0) is 14.9. The van der Waals surface area contributed by atoms with E-state index in [0.29, 0.717) is 6.54 Å². The average Bonchev–Trinajstić information content (AvgIpc) is 2.44. The van der Waals surface area contributed by atoms with Crippen LogP contribution >= 0.6 is 15.2 Å². The molecule has 0 aliphatic rings. The molecule has 0 saturated carbocycles. The van der Waals surface area contributed by atoms with E-state index in [1.807, 2.05) is 6.92 Å². The van der Waals surface area contributed by atoms with E-state index in [1.54, 1.807) is 4.90 Å². The predicted octanol–water partition coefficient (Wildman–Crippen LogP) is 2.98. The topological polar surface area (TPSA) is 74.3 Å². The van der Waals surface area contributed by atoms with Gasteiger partial charge in [0.05, 0.1) is 0 Å². The van der Waals surface area contributed by atoms with Gasteiger partial charge in [-0.15, -0.1) is 0 Å². The molecule has 0 rings (SSSR count). The van der Waals surface area contributed by atoms with Gasteiger partial charge in [-0.3, -0.25) is 14.0 Å². The Morgan fingerprint density at radius 2 is 1.21 bits per heavy atom. The second-order valence-corrected chi connectivity index (χ2v) is 8.45. The SMILES string of the molecule is CCCCN(CP(=O)(OC)OC)CP(=O)(OC)OC. The third-order valence-electron chi connectivity index (χ3n) is 2.69. The molecule has 0 atom stereocenters. The highest BCUT2D eigenvalue weighted by molar-refractivity contribution is 7.54. The maximum absolute atomic E-state index is 12.1. The zero-order valence-corrected chi connectivity index (χ0v) is 14.1. The van der Waals surface area contributed by atoms with Crippen molar-refractivity contribution in [2.45, 2.75) is 19.8 Å². The fraction of sp³-hybridized carbons (Fsp3) is 1.00. The van der Waals surface area contributed by atoms with E-state index in [9.17, 15) is 9.13 Å². The van der Waals surface area contributed by atoms with E-state index in [2.05, 4.69) is 0 Å². The van der Waals surface area contributed by atoms with Crippen molar-refractivity contribution in [2.24, 2.45) is 0 Å². The number of nitrogens with zero attached hydrogens (tertiary/aromatic N) is 1. The Morgan fingerprint density at radius 3 is 1.47 bits per heavy atom. The van der Waals surface area contributed by atoms with Crippen molar-refractivity contribution >= 4 is 15.2 Å². The molecule has 19 heavy (non-hydrogen) atoms. The molecule has 7 nitrogen and oxygen atoms in total. The summed E-state index contributed by atoms with van der Waals surface area (Å²) in [4.78, 5) is 1.73. The van der Waals surface area contributed by atoms with E-state index in [4.69, 9.17) is 18.1 Å². The zero-order valence-electron chi connectivity index (χ0n) is 12.3. The minimum Gasteiger partial charge on any atom is -0.311 e. The lowest BCUT2D eigenvalue weighted by molar-refractivity contribution is 0.222. The van der Waals surface area contributed by atoms with E-state index in [0.717, 1.165) is 12.8 Å². The Hall–Kier alpha value is 0.260. The maximum atomic E-state index is 12.1. The quantitative estimate of drug-likeness (QED) is 0.542. The molecule has 0 radical (unpaired) electrons. The molecular weight excluding hydrogens is 292 g/mol. The maximum Gasteiger partial charge on any atom is 0.344 e. The van der Waals surface area contributed by atoms with Crippen molar-refractivity contribution < 1.29 is 27.2 Å². The standard InChI is InChI=1S/C10H25NO6P2/c1-6-7-8-11(9-18(12,14-2)15-3)10-19(13,16-4)17-5/h6-10H2,1-5H3. The van der Waals surface area contributed by atoms with Gasteiger partial charge in [0.15, 0.2) is 0 Å². The van der Waals surface area contributed by atoms with Crippen LogP contribution in [0.2, 0.25) is 0 Å². The highest BCUT2D eigenvalue weighted by Crippen LogP contribution is 2.51. The molecule has 0 fully saturated rings. The van der Waals surface area contributed by atoms with E-state index in [-0.39, 0.29) is 12.6 Å². The molecular formula is C10H25NO6P2. The lowest BCUT2D eigenvalue weighted by Gasteiger charge is -2.27. The lowest BCUT2D eigenvalue weighted by atomic mass is 10.3. The van der Waals surface area contributed by atoms with Gasteiger partial charge >= 0.3 is 15.2 Å². The van der Waals surface area contributed by atoms with Gasteiger partial charge in [-0.1, -0.05) is 13.3 Å². The Bertz CT molecular complexity index is 294. The van der Waals surface area contributed by atoms with Crippen LogP contribution in [0.25, 0.3) is 0 Å². The fourth-order valence-corrected chi connectivity index (χ4v) is 3.82. The molecule has 0 aromatic carbocycles. The summed E-state index contributed by atoms with van der Waals surface area (Å²) in [6, 6.07) is 0. The Labute approximate surface area is 115 Å². The number of hydrogen-bond donors (Lipinski definition) is 0. The van der Waals surface area contributed by atoms with Crippen LogP contribution in [0.5, 0.6) is 0 Å². The molecule has 0 aromatic heterocycles. The normalized spacial score (nSPS) is 13.2. The summed E-state index contributed by atoms with van der Waals surface area (Å²) in [5.74, 6) is 0. The number of hydrogen-bond acceptors (Lipinski definition) is 7. The van der Waals surface area contributed by atoms with Gasteiger partial charge in [0.25, 0.3) is 0 Å². The number of unbranched alkanes of at least 4 members (excludes halogenated alkanes) is 1. The third-order valence-corrected chi connectivity index (χ3v) is 6.41. The fourth-order valence-electron chi connectivity index (χ4n) is 1.44. The summed E-state index contributed by atoms with van der Waals surface area (Å²) in [6.07, 6.45) is 1.94. The van der Waals surface area contributed by atoms with Gasteiger partial charge in [-0.2, -0.15) is 0 Å². The summed E-state index contributed by atoms with van der Waals surface area (Å²) in [7, 11) is -1.07. The molecule has 0 saturated heterocycles. The van der Waals surface area contributed by atoms with Gasteiger partial charge in [0.1, 0.15) is 12.6 Å². The van der Waals surface area contributed by atoms with Gasteiger partial charge in [-0.25, -0.2) is 0 Å². The smallest absolute Gasteiger partial charge is 0.311 e. The second-order valence-electron chi connectivity index (χ2n) is 3.98. The van der Waals surface area contributed by atoms with Crippen LogP contribution in [0, 0.1) is 0 Å². The van der Waals surface area contributed by atoms with Gasteiger partial charge in [-0.05, 0) is 13.0 Å². The average molecular weight is 317 g/mol. The van der Waals surface area contributed by atoms with Crippen LogP contribution in [0.3, 0.4) is 0 Å². The van der Waals surface area contributed by atoms with Gasteiger partial charge in [0.2, 0.25) is 0 Å². The van der Waals surface area contributed by atoms with E-state index >= 15 is 0 Å². The minimum absolute atomic E-state index is 0.0523. The first-order chi connectivity index (χ1) is 8.88. The number of rotatable bonds is 11. The summed E-state index contributed by atoms with van der Waals surface area (Å²) >= 11 is 0. The first-order valence-corrected chi connectivity index (χ1v) is 9.47. The van der Waals surface area contributed by atoms with Crippen LogP contribution in [0.1, 0.15) is 19.8 Å². The molecule has 0 aliphatic carbocycles. The van der Waals surface area contributed by atoms with Crippen LogP contribution in [-0.2, 0) is 27.2 Å². The first-order valence-electron chi connectivity index (χ1n) is 6.02. The van der Waals surface area contributed by atoms with Gasteiger partial charge < -0.3 is 18.1 Å². The van der Waals surface area contributed by atoms with Crippen molar-refractivity contribution in [2.75, 3.05) is 47.6 Å². The predicted molar refractivity (Wildman–Crippen MR) is 74.6 cm³/mol. The molecule has 0 heterocycles. The largest absolute Gasteiger partial charge is 0.344 e. The van der Waals surface area contributed by atoms with Crippen LogP contribution < -0.4 is 0 Å². The van der Waals surface area contributed by atoms with Crippen LogP contribution in [-0.4, -0.2) is 52.5 Å². The van der Waals surface area contributed by atoms with Crippen molar-refractivity contribution in [1.82, 2.24) is 4.90 Å². The monoisotopic (exact) mass is 317 g/mol. The summed E-state index contributed by atoms with van der Waals surface area (Å²) in [6.45, 7) is 2.65. The van der Waals surface area contributed by atoms with Crippen molar-refractivity contribution in [3.8, 4) is 0 Å².